The SMILES string of the molecule is Cc1ccc(Cc2ccc(CO)[nH]2)cc1. The molecule has 1 heterocycles. The number of aromatic amines is 1. The molecule has 2 rings (SSSR count). The molecule has 0 aliphatic rings. The van der Waals surface area contributed by atoms with E-state index < -0.39 is 0 Å². The van der Waals surface area contributed by atoms with Gasteiger partial charge >= 0.3 is 0 Å². The molecule has 0 aliphatic heterocycles. The van der Waals surface area contributed by atoms with Crippen molar-refractivity contribution in [3.63, 3.8) is 0 Å². The zero-order valence-electron chi connectivity index (χ0n) is 8.83. The normalized spacial score (nSPS) is 10.5. The maximum atomic E-state index is 8.92. The summed E-state index contributed by atoms with van der Waals surface area (Å²) in [5.74, 6) is 0. The average molecular weight is 201 g/mol. The third-order valence-electron chi connectivity index (χ3n) is 2.49. The number of aliphatic hydroxyl groups is 1. The zero-order chi connectivity index (χ0) is 10.7. The molecule has 0 atom stereocenters. The second-order valence-corrected chi connectivity index (χ2v) is 3.83. The van der Waals surface area contributed by atoms with Crippen LogP contribution in [-0.2, 0) is 13.0 Å². The molecule has 0 spiro atoms. The van der Waals surface area contributed by atoms with Crippen molar-refractivity contribution in [3.8, 4) is 0 Å². The van der Waals surface area contributed by atoms with Crippen LogP contribution in [0.25, 0.3) is 0 Å². The Bertz CT molecular complexity index is 428. The molecule has 0 saturated heterocycles. The highest BCUT2D eigenvalue weighted by atomic mass is 16.3. The molecule has 2 aromatic rings. The van der Waals surface area contributed by atoms with Crippen molar-refractivity contribution < 1.29 is 5.11 Å². The Labute approximate surface area is 89.6 Å². The van der Waals surface area contributed by atoms with E-state index in [1.54, 1.807) is 0 Å². The molecular weight excluding hydrogens is 186 g/mol. The van der Waals surface area contributed by atoms with Gasteiger partial charge in [0.2, 0.25) is 0 Å². The van der Waals surface area contributed by atoms with E-state index in [4.69, 9.17) is 5.11 Å². The lowest BCUT2D eigenvalue weighted by atomic mass is 10.1. The number of H-pyrrole nitrogens is 1. The van der Waals surface area contributed by atoms with E-state index in [1.165, 1.54) is 11.1 Å². The molecule has 0 fully saturated rings. The maximum Gasteiger partial charge on any atom is 0.0830 e. The molecular formula is C13H15NO. The molecule has 2 heteroatoms. The fraction of sp³-hybridized carbons (Fsp3) is 0.231. The second kappa shape index (κ2) is 4.32. The molecule has 0 unspecified atom stereocenters. The van der Waals surface area contributed by atoms with E-state index in [0.29, 0.717) is 0 Å². The Kier molecular flexibility index (Phi) is 2.88. The van der Waals surface area contributed by atoms with Gasteiger partial charge in [0.1, 0.15) is 0 Å². The van der Waals surface area contributed by atoms with Gasteiger partial charge < -0.3 is 10.1 Å². The third-order valence-corrected chi connectivity index (χ3v) is 2.49. The summed E-state index contributed by atoms with van der Waals surface area (Å²) < 4.78 is 0. The van der Waals surface area contributed by atoms with Crippen molar-refractivity contribution in [2.45, 2.75) is 20.0 Å². The van der Waals surface area contributed by atoms with Crippen molar-refractivity contribution >= 4 is 0 Å². The molecule has 78 valence electrons. The summed E-state index contributed by atoms with van der Waals surface area (Å²) in [7, 11) is 0. The molecule has 1 aromatic carbocycles. The minimum atomic E-state index is 0.0773. The van der Waals surface area contributed by atoms with Crippen molar-refractivity contribution in [3.05, 3.63) is 58.9 Å². The van der Waals surface area contributed by atoms with Crippen LogP contribution in [0.5, 0.6) is 0 Å². The van der Waals surface area contributed by atoms with Gasteiger partial charge in [-0.3, -0.25) is 0 Å². The highest BCUT2D eigenvalue weighted by molar-refractivity contribution is 5.26. The van der Waals surface area contributed by atoms with Gasteiger partial charge in [-0.15, -0.1) is 0 Å². The first-order chi connectivity index (χ1) is 7.28. The Morgan fingerprint density at radius 1 is 1.00 bits per heavy atom. The standard InChI is InChI=1S/C13H15NO/c1-10-2-4-11(5-3-10)8-12-6-7-13(9-15)14-12/h2-7,14-15H,8-9H2,1H3. The Hall–Kier alpha value is -1.54. The van der Waals surface area contributed by atoms with Crippen LogP contribution >= 0.6 is 0 Å². The van der Waals surface area contributed by atoms with Gasteiger partial charge in [-0.25, -0.2) is 0 Å². The Morgan fingerprint density at radius 3 is 2.27 bits per heavy atom. The van der Waals surface area contributed by atoms with Gasteiger partial charge in [-0.05, 0) is 24.6 Å². The molecule has 15 heavy (non-hydrogen) atoms. The van der Waals surface area contributed by atoms with Crippen LogP contribution in [0.15, 0.2) is 36.4 Å². The second-order valence-electron chi connectivity index (χ2n) is 3.83. The van der Waals surface area contributed by atoms with Crippen molar-refractivity contribution in [2.24, 2.45) is 0 Å². The van der Waals surface area contributed by atoms with Gasteiger partial charge in [0.05, 0.1) is 6.61 Å². The summed E-state index contributed by atoms with van der Waals surface area (Å²) in [6.45, 7) is 2.16. The van der Waals surface area contributed by atoms with E-state index in [-0.39, 0.29) is 6.61 Å². The number of aromatic nitrogens is 1. The fourth-order valence-corrected chi connectivity index (χ4v) is 1.61. The van der Waals surface area contributed by atoms with Crippen LogP contribution in [0.3, 0.4) is 0 Å². The van der Waals surface area contributed by atoms with Crippen LogP contribution in [0.1, 0.15) is 22.5 Å². The zero-order valence-corrected chi connectivity index (χ0v) is 8.83. The quantitative estimate of drug-likeness (QED) is 0.786. The van der Waals surface area contributed by atoms with Crippen LogP contribution in [0.4, 0.5) is 0 Å². The van der Waals surface area contributed by atoms with E-state index in [0.717, 1.165) is 17.8 Å². The van der Waals surface area contributed by atoms with Crippen LogP contribution < -0.4 is 0 Å². The lowest BCUT2D eigenvalue weighted by Crippen LogP contribution is -1.89. The molecule has 2 N–H and O–H groups in total. The van der Waals surface area contributed by atoms with E-state index in [9.17, 15) is 0 Å². The fourth-order valence-electron chi connectivity index (χ4n) is 1.61. The van der Waals surface area contributed by atoms with Gasteiger partial charge in [0.25, 0.3) is 0 Å². The number of benzene rings is 1. The van der Waals surface area contributed by atoms with Crippen LogP contribution in [-0.4, -0.2) is 10.1 Å². The number of hydrogen-bond acceptors (Lipinski definition) is 1. The molecule has 0 aliphatic carbocycles. The topological polar surface area (TPSA) is 36.0 Å². The first-order valence-corrected chi connectivity index (χ1v) is 5.11. The average Bonchev–Trinajstić information content (AvgIpc) is 2.69. The van der Waals surface area contributed by atoms with Gasteiger partial charge in [-0.1, -0.05) is 29.8 Å². The first-order valence-electron chi connectivity index (χ1n) is 5.11. The summed E-state index contributed by atoms with van der Waals surface area (Å²) in [4.78, 5) is 3.18. The maximum absolute atomic E-state index is 8.92. The number of aliphatic hydroxyl groups excluding tert-OH is 1. The summed E-state index contributed by atoms with van der Waals surface area (Å²) in [6, 6.07) is 12.4. The lowest BCUT2D eigenvalue weighted by Gasteiger charge is -2.00. The van der Waals surface area contributed by atoms with Gasteiger partial charge in [0, 0.05) is 17.8 Å². The van der Waals surface area contributed by atoms with Gasteiger partial charge in [0.15, 0.2) is 0 Å². The monoisotopic (exact) mass is 201 g/mol. The summed E-state index contributed by atoms with van der Waals surface area (Å²) in [5.41, 5.74) is 4.58. The van der Waals surface area contributed by atoms with E-state index >= 15 is 0 Å². The van der Waals surface area contributed by atoms with E-state index in [1.807, 2.05) is 12.1 Å². The van der Waals surface area contributed by atoms with E-state index in [2.05, 4.69) is 36.2 Å². The summed E-state index contributed by atoms with van der Waals surface area (Å²) >= 11 is 0. The van der Waals surface area contributed by atoms with Crippen molar-refractivity contribution in [1.29, 1.82) is 0 Å². The largest absolute Gasteiger partial charge is 0.390 e. The first kappa shape index (κ1) is 9.99. The highest BCUT2D eigenvalue weighted by Crippen LogP contribution is 2.10. The molecule has 0 amide bonds. The molecule has 0 saturated carbocycles. The van der Waals surface area contributed by atoms with Crippen LogP contribution in [0, 0.1) is 6.92 Å². The Balaban J connectivity index is 2.11. The number of hydrogen-bond donors (Lipinski definition) is 2. The third kappa shape index (κ3) is 2.48. The summed E-state index contributed by atoms with van der Waals surface area (Å²) in [6.07, 6.45) is 0.889. The predicted octanol–water partition coefficient (Wildman–Crippen LogP) is 2.41. The minimum Gasteiger partial charge on any atom is -0.390 e. The van der Waals surface area contributed by atoms with Crippen molar-refractivity contribution in [2.75, 3.05) is 0 Å². The molecule has 0 radical (unpaired) electrons. The molecule has 0 bridgehead atoms. The smallest absolute Gasteiger partial charge is 0.0830 e. The highest BCUT2D eigenvalue weighted by Gasteiger charge is 1.99. The Morgan fingerprint density at radius 2 is 1.67 bits per heavy atom. The minimum absolute atomic E-state index is 0.0773. The van der Waals surface area contributed by atoms with Crippen molar-refractivity contribution in [1.82, 2.24) is 4.98 Å². The van der Waals surface area contributed by atoms with Gasteiger partial charge in [-0.2, -0.15) is 0 Å². The number of nitrogens with one attached hydrogen (secondary N) is 1. The predicted molar refractivity (Wildman–Crippen MR) is 60.7 cm³/mol. The van der Waals surface area contributed by atoms with Crippen LogP contribution in [0.2, 0.25) is 0 Å². The molecule has 1 aromatic heterocycles. The molecule has 2 nitrogen and oxygen atoms in total. The number of rotatable bonds is 3. The lowest BCUT2D eigenvalue weighted by molar-refractivity contribution is 0.277. The summed E-state index contributed by atoms with van der Waals surface area (Å²) in [5, 5.41) is 8.92. The number of aryl methyl sites for hydroxylation is 1.